The lowest BCUT2D eigenvalue weighted by Gasteiger charge is -2.14. The van der Waals surface area contributed by atoms with Crippen molar-refractivity contribution in [1.29, 1.82) is 0 Å². The fraction of sp³-hybridized carbons (Fsp3) is 0.462. The topological polar surface area (TPSA) is 139 Å². The van der Waals surface area contributed by atoms with Crippen molar-refractivity contribution in [2.75, 3.05) is 0 Å². The standard InChI is InChI=1S/C13H15N3O6/c14-12-3-1-2-11(12)13(17)22-7-8-4-9(15(18)19)6-10(5-8)16(20)21/h4-6,11-12H,1-3,7,14H2/t11-,12-/m0/s1. The fourth-order valence-electron chi connectivity index (χ4n) is 2.49. The molecule has 0 aromatic heterocycles. The van der Waals surface area contributed by atoms with Crippen LogP contribution in [-0.2, 0) is 16.1 Å². The van der Waals surface area contributed by atoms with Gasteiger partial charge >= 0.3 is 5.97 Å². The Morgan fingerprint density at radius 3 is 2.23 bits per heavy atom. The predicted octanol–water partition coefficient (Wildman–Crippen LogP) is 1.67. The minimum atomic E-state index is -0.731. The van der Waals surface area contributed by atoms with Gasteiger partial charge in [0, 0.05) is 23.7 Å². The molecular formula is C13H15N3O6. The van der Waals surface area contributed by atoms with E-state index in [2.05, 4.69) is 0 Å². The highest BCUT2D eigenvalue weighted by Gasteiger charge is 2.31. The molecule has 22 heavy (non-hydrogen) atoms. The van der Waals surface area contributed by atoms with Gasteiger partial charge in [-0.2, -0.15) is 0 Å². The molecule has 0 heterocycles. The van der Waals surface area contributed by atoms with Crippen molar-refractivity contribution in [2.24, 2.45) is 11.7 Å². The van der Waals surface area contributed by atoms with Crippen molar-refractivity contribution in [3.8, 4) is 0 Å². The van der Waals surface area contributed by atoms with Crippen LogP contribution < -0.4 is 5.73 Å². The normalized spacial score (nSPS) is 20.6. The zero-order valence-corrected chi connectivity index (χ0v) is 11.6. The number of hydrogen-bond acceptors (Lipinski definition) is 7. The second-order valence-electron chi connectivity index (χ2n) is 5.18. The molecule has 0 saturated heterocycles. The number of nitro groups is 2. The third-order valence-corrected chi connectivity index (χ3v) is 3.64. The van der Waals surface area contributed by atoms with Crippen LogP contribution in [0.2, 0.25) is 0 Å². The summed E-state index contributed by atoms with van der Waals surface area (Å²) in [7, 11) is 0. The van der Waals surface area contributed by atoms with E-state index in [9.17, 15) is 25.0 Å². The van der Waals surface area contributed by atoms with Crippen molar-refractivity contribution in [3.63, 3.8) is 0 Å². The smallest absolute Gasteiger partial charge is 0.310 e. The highest BCUT2D eigenvalue weighted by atomic mass is 16.6. The van der Waals surface area contributed by atoms with Gasteiger partial charge in [-0.25, -0.2) is 0 Å². The van der Waals surface area contributed by atoms with Gasteiger partial charge in [-0.1, -0.05) is 6.42 Å². The predicted molar refractivity (Wildman–Crippen MR) is 74.9 cm³/mol. The summed E-state index contributed by atoms with van der Waals surface area (Å²) >= 11 is 0. The van der Waals surface area contributed by atoms with Gasteiger partial charge in [0.25, 0.3) is 11.4 Å². The maximum absolute atomic E-state index is 11.9. The van der Waals surface area contributed by atoms with Crippen molar-refractivity contribution in [1.82, 2.24) is 0 Å². The van der Waals surface area contributed by atoms with Gasteiger partial charge in [0.15, 0.2) is 0 Å². The molecule has 9 heteroatoms. The highest BCUT2D eigenvalue weighted by molar-refractivity contribution is 5.73. The Kier molecular flexibility index (Phi) is 4.66. The van der Waals surface area contributed by atoms with Crippen LogP contribution in [0.1, 0.15) is 24.8 Å². The van der Waals surface area contributed by atoms with Crippen molar-refractivity contribution >= 4 is 17.3 Å². The lowest BCUT2D eigenvalue weighted by atomic mass is 10.1. The van der Waals surface area contributed by atoms with Crippen LogP contribution in [0.4, 0.5) is 11.4 Å². The summed E-state index contributed by atoms with van der Waals surface area (Å²) in [5.74, 6) is -0.854. The van der Waals surface area contributed by atoms with Crippen LogP contribution >= 0.6 is 0 Å². The average molecular weight is 309 g/mol. The van der Waals surface area contributed by atoms with E-state index in [4.69, 9.17) is 10.5 Å². The molecule has 0 aliphatic heterocycles. The molecule has 9 nitrogen and oxygen atoms in total. The number of nitrogens with two attached hydrogens (primary N) is 1. The maximum Gasteiger partial charge on any atom is 0.310 e. The second-order valence-corrected chi connectivity index (χ2v) is 5.18. The van der Waals surface area contributed by atoms with Gasteiger partial charge < -0.3 is 10.5 Å². The summed E-state index contributed by atoms with van der Waals surface area (Å²) in [5.41, 5.74) is 5.15. The quantitative estimate of drug-likeness (QED) is 0.495. The monoisotopic (exact) mass is 309 g/mol. The molecule has 1 aromatic rings. The van der Waals surface area contributed by atoms with Gasteiger partial charge in [-0.05, 0) is 12.8 Å². The number of rotatable bonds is 5. The summed E-state index contributed by atoms with van der Waals surface area (Å²) in [4.78, 5) is 32.0. The van der Waals surface area contributed by atoms with E-state index in [0.717, 1.165) is 31.0 Å². The first-order valence-electron chi connectivity index (χ1n) is 6.73. The third kappa shape index (κ3) is 3.55. The largest absolute Gasteiger partial charge is 0.461 e. The van der Waals surface area contributed by atoms with Crippen molar-refractivity contribution in [2.45, 2.75) is 31.9 Å². The van der Waals surface area contributed by atoms with Crippen LogP contribution in [-0.4, -0.2) is 21.9 Å². The molecule has 1 saturated carbocycles. The van der Waals surface area contributed by atoms with Crippen molar-refractivity contribution in [3.05, 3.63) is 44.0 Å². The van der Waals surface area contributed by atoms with E-state index >= 15 is 0 Å². The SMILES string of the molecule is N[C@H]1CCC[C@@H]1C(=O)OCc1cc([N+](=O)[O-])cc([N+](=O)[O-])c1. The minimum Gasteiger partial charge on any atom is -0.461 e. The van der Waals surface area contributed by atoms with E-state index in [0.29, 0.717) is 6.42 Å². The van der Waals surface area contributed by atoms with E-state index in [1.54, 1.807) is 0 Å². The molecule has 118 valence electrons. The van der Waals surface area contributed by atoms with Crippen LogP contribution in [0.5, 0.6) is 0 Å². The van der Waals surface area contributed by atoms with Crippen LogP contribution in [0.25, 0.3) is 0 Å². The molecule has 0 spiro atoms. The molecule has 0 bridgehead atoms. The Balaban J connectivity index is 2.10. The first-order valence-corrected chi connectivity index (χ1v) is 6.73. The number of carbonyl (C=O) groups excluding carboxylic acids is 1. The summed E-state index contributed by atoms with van der Waals surface area (Å²) in [6.45, 7) is -0.259. The molecule has 2 N–H and O–H groups in total. The Bertz CT molecular complexity index is 586. The van der Waals surface area contributed by atoms with E-state index < -0.39 is 27.2 Å². The molecule has 0 unspecified atom stereocenters. The Morgan fingerprint density at radius 2 is 1.77 bits per heavy atom. The van der Waals surface area contributed by atoms with Gasteiger partial charge in [0.05, 0.1) is 21.8 Å². The van der Waals surface area contributed by atoms with Crippen LogP contribution in [0.15, 0.2) is 18.2 Å². The lowest BCUT2D eigenvalue weighted by Crippen LogP contribution is -2.31. The molecule has 2 rings (SSSR count). The second kappa shape index (κ2) is 6.48. The number of esters is 1. The van der Waals surface area contributed by atoms with Crippen molar-refractivity contribution < 1.29 is 19.4 Å². The number of benzene rings is 1. The highest BCUT2D eigenvalue weighted by Crippen LogP contribution is 2.27. The molecule has 0 radical (unpaired) electrons. The maximum atomic E-state index is 11.9. The third-order valence-electron chi connectivity index (χ3n) is 3.64. The molecule has 1 aromatic carbocycles. The molecule has 1 aliphatic carbocycles. The Hall–Kier alpha value is -2.55. The zero-order valence-electron chi connectivity index (χ0n) is 11.6. The van der Waals surface area contributed by atoms with E-state index in [1.807, 2.05) is 0 Å². The van der Waals surface area contributed by atoms with Gasteiger partial charge in [-0.3, -0.25) is 25.0 Å². The Labute approximate surface area is 125 Å². The summed E-state index contributed by atoms with van der Waals surface area (Å²) in [5, 5.41) is 21.6. The van der Waals surface area contributed by atoms with Crippen LogP contribution in [0.3, 0.4) is 0 Å². The molecule has 0 amide bonds. The molecule has 2 atom stereocenters. The average Bonchev–Trinajstić information content (AvgIpc) is 2.90. The molecule has 1 aliphatic rings. The van der Waals surface area contributed by atoms with Gasteiger partial charge in [-0.15, -0.1) is 0 Å². The summed E-state index contributed by atoms with van der Waals surface area (Å²) in [6.07, 6.45) is 2.25. The van der Waals surface area contributed by atoms with Gasteiger partial charge in [0.2, 0.25) is 0 Å². The Morgan fingerprint density at radius 1 is 1.18 bits per heavy atom. The number of hydrogen-bond donors (Lipinski definition) is 1. The number of ether oxygens (including phenoxy) is 1. The summed E-state index contributed by atoms with van der Waals surface area (Å²) < 4.78 is 5.09. The number of nitro benzene ring substituents is 2. The first-order chi connectivity index (χ1) is 10.4. The number of nitrogens with zero attached hydrogens (tertiary/aromatic N) is 2. The zero-order chi connectivity index (χ0) is 16.3. The van der Waals surface area contributed by atoms with Crippen LogP contribution in [0, 0.1) is 26.1 Å². The van der Waals surface area contributed by atoms with E-state index in [1.165, 1.54) is 0 Å². The minimum absolute atomic E-state index is 0.195. The molecular weight excluding hydrogens is 294 g/mol. The summed E-state index contributed by atoms with van der Waals surface area (Å²) in [6, 6.07) is 2.91. The van der Waals surface area contributed by atoms with Gasteiger partial charge in [0.1, 0.15) is 6.61 Å². The first kappa shape index (κ1) is 15.8. The molecule has 1 fully saturated rings. The number of non-ortho nitro benzene ring substituents is 2. The fourth-order valence-corrected chi connectivity index (χ4v) is 2.49. The van der Waals surface area contributed by atoms with E-state index in [-0.39, 0.29) is 24.1 Å². The number of carbonyl (C=O) groups is 1. The lowest BCUT2D eigenvalue weighted by molar-refractivity contribution is -0.394.